The Labute approximate surface area is 114 Å². The molecule has 0 aliphatic carbocycles. The summed E-state index contributed by atoms with van der Waals surface area (Å²) in [7, 11) is 0. The molecule has 0 fully saturated rings. The summed E-state index contributed by atoms with van der Waals surface area (Å²) >= 11 is 0. The van der Waals surface area contributed by atoms with Gasteiger partial charge in [0, 0.05) is 19.3 Å². The second kappa shape index (κ2) is 11.4. The van der Waals surface area contributed by atoms with Gasteiger partial charge < -0.3 is 4.79 Å². The van der Waals surface area contributed by atoms with Gasteiger partial charge in [-0.3, -0.25) is 4.79 Å². The van der Waals surface area contributed by atoms with Crippen LogP contribution in [0.25, 0.3) is 0 Å². The van der Waals surface area contributed by atoms with Crippen molar-refractivity contribution >= 4 is 12.0 Å². The molecule has 0 amide bonds. The lowest BCUT2D eigenvalue weighted by Gasteiger charge is -2.19. The van der Waals surface area contributed by atoms with Crippen molar-refractivity contribution in [3.63, 3.8) is 0 Å². The molecule has 0 aromatic carbocycles. The lowest BCUT2D eigenvalue weighted by molar-refractivity contribution is -0.119. The zero-order valence-corrected chi connectivity index (χ0v) is 12.3. The average molecular weight is 256 g/mol. The van der Waals surface area contributed by atoms with Crippen molar-refractivity contribution in [2.24, 2.45) is 11.8 Å². The summed E-state index contributed by atoms with van der Waals surface area (Å²) in [4.78, 5) is 21.9. The Bertz CT molecular complexity index is 263. The number of carbonyl (C=O) groups is 2. The van der Waals surface area contributed by atoms with E-state index in [1.54, 1.807) is 0 Å². The summed E-state index contributed by atoms with van der Waals surface area (Å²) < 4.78 is 6.87. The molecule has 0 aromatic heterocycles. The van der Waals surface area contributed by atoms with E-state index in [0.29, 0.717) is 24.0 Å². The minimum Gasteiger partial charge on any atom is -0.303 e. The minimum atomic E-state index is -0.450. The number of aldehydes is 1. The molecule has 2 unspecified atom stereocenters. The Morgan fingerprint density at radius 1 is 1.11 bits per heavy atom. The monoisotopic (exact) mass is 256 g/mol. The second-order valence-electron chi connectivity index (χ2n) is 5.53. The summed E-state index contributed by atoms with van der Waals surface area (Å²) in [5.74, 6) is 1.64. The molecule has 0 bridgehead atoms. The van der Waals surface area contributed by atoms with E-state index < -0.39 is 6.26 Å². The number of hydrogen-bond donors (Lipinski definition) is 0. The molecule has 106 valence electrons. The molecule has 0 radical (unpaired) electrons. The van der Waals surface area contributed by atoms with E-state index in [1.165, 1.54) is 0 Å². The van der Waals surface area contributed by atoms with E-state index in [-0.39, 0.29) is 0 Å². The maximum atomic E-state index is 11.4. The summed E-state index contributed by atoms with van der Waals surface area (Å²) in [6.45, 7) is 6.52. The fourth-order valence-electron chi connectivity index (χ4n) is 2.26. The standard InChI is InChI=1S/C16H30O2/c1-4-9-16(18)12-6-5-10-14(2)15(3)11-7-8-13-17/h13-15H,4-12H2,1-3H3/i13T. The Morgan fingerprint density at radius 2 is 1.72 bits per heavy atom. The first-order chi connectivity index (χ1) is 8.97. The molecule has 0 aliphatic heterocycles. The van der Waals surface area contributed by atoms with Crippen molar-refractivity contribution in [1.29, 1.82) is 0 Å². The zero-order valence-electron chi connectivity index (χ0n) is 13.3. The minimum absolute atomic E-state index is 0.391. The van der Waals surface area contributed by atoms with Gasteiger partial charge in [-0.05, 0) is 31.1 Å². The van der Waals surface area contributed by atoms with Gasteiger partial charge in [-0.15, -0.1) is 0 Å². The molecule has 0 aliphatic rings. The highest BCUT2D eigenvalue weighted by Crippen LogP contribution is 2.23. The van der Waals surface area contributed by atoms with Gasteiger partial charge in [-0.25, -0.2) is 0 Å². The number of unbranched alkanes of at least 4 members (excludes halogenated alkanes) is 1. The van der Waals surface area contributed by atoms with E-state index in [2.05, 4.69) is 13.8 Å². The molecule has 2 nitrogen and oxygen atoms in total. The fraction of sp³-hybridized carbons (Fsp3) is 0.875. The van der Waals surface area contributed by atoms with Crippen molar-refractivity contribution in [2.75, 3.05) is 0 Å². The molecule has 0 aromatic rings. The molecule has 0 saturated heterocycles. The van der Waals surface area contributed by atoms with Gasteiger partial charge in [-0.2, -0.15) is 0 Å². The van der Waals surface area contributed by atoms with Crippen LogP contribution >= 0.6 is 0 Å². The van der Waals surface area contributed by atoms with Crippen LogP contribution in [0.15, 0.2) is 0 Å². The van der Waals surface area contributed by atoms with Crippen LogP contribution in [0.2, 0.25) is 0 Å². The highest BCUT2D eigenvalue weighted by Gasteiger charge is 2.11. The van der Waals surface area contributed by atoms with Crippen molar-refractivity contribution in [2.45, 2.75) is 78.6 Å². The molecular weight excluding hydrogens is 224 g/mol. The summed E-state index contributed by atoms with van der Waals surface area (Å²) in [6, 6.07) is 0. The topological polar surface area (TPSA) is 34.1 Å². The van der Waals surface area contributed by atoms with E-state index in [1.807, 2.05) is 6.92 Å². The molecule has 0 rings (SSSR count). The molecule has 2 atom stereocenters. The van der Waals surface area contributed by atoms with Gasteiger partial charge >= 0.3 is 0 Å². The van der Waals surface area contributed by atoms with Crippen molar-refractivity contribution < 1.29 is 11.0 Å². The van der Waals surface area contributed by atoms with Crippen LogP contribution in [-0.4, -0.2) is 12.0 Å². The highest BCUT2D eigenvalue weighted by atomic mass is 16.1. The van der Waals surface area contributed by atoms with E-state index in [0.717, 1.165) is 51.4 Å². The van der Waals surface area contributed by atoms with Crippen LogP contribution in [0.5, 0.6) is 0 Å². The van der Waals surface area contributed by atoms with Crippen molar-refractivity contribution in [3.05, 3.63) is 0 Å². The van der Waals surface area contributed by atoms with Crippen LogP contribution in [0.1, 0.15) is 79.9 Å². The number of hydrogen-bond acceptors (Lipinski definition) is 2. The number of carbonyl (C=O) groups excluding carboxylic acids is 2. The number of ketones is 1. The molecule has 0 spiro atoms. The Hall–Kier alpha value is -0.660. The van der Waals surface area contributed by atoms with Crippen LogP contribution in [-0.2, 0) is 9.59 Å². The van der Waals surface area contributed by atoms with Crippen LogP contribution in [0.3, 0.4) is 0 Å². The van der Waals surface area contributed by atoms with Crippen LogP contribution in [0.4, 0.5) is 0 Å². The first-order valence-corrected chi connectivity index (χ1v) is 7.48. The third-order valence-electron chi connectivity index (χ3n) is 3.80. The van der Waals surface area contributed by atoms with E-state index in [4.69, 9.17) is 1.37 Å². The lowest BCUT2D eigenvalue weighted by atomic mass is 9.87. The second-order valence-corrected chi connectivity index (χ2v) is 5.53. The van der Waals surface area contributed by atoms with Gasteiger partial charge in [-0.1, -0.05) is 40.0 Å². The van der Waals surface area contributed by atoms with Crippen LogP contribution in [0, 0.1) is 11.8 Å². The zero-order chi connectivity index (χ0) is 14.7. The summed E-state index contributed by atoms with van der Waals surface area (Å²) in [5.41, 5.74) is 0. The molecule has 0 saturated carbocycles. The highest BCUT2D eigenvalue weighted by molar-refractivity contribution is 5.78. The Balaban J connectivity index is 3.58. The molecule has 0 heterocycles. The first kappa shape index (κ1) is 15.4. The molecular formula is C16H30O2. The molecule has 2 heteroatoms. The summed E-state index contributed by atoms with van der Waals surface area (Å²) in [5, 5.41) is 0. The van der Waals surface area contributed by atoms with Crippen molar-refractivity contribution in [1.82, 2.24) is 0 Å². The van der Waals surface area contributed by atoms with Gasteiger partial charge in [0.1, 0.15) is 13.4 Å². The van der Waals surface area contributed by atoms with Gasteiger partial charge in [0.05, 0.1) is 0 Å². The van der Waals surface area contributed by atoms with E-state index in [9.17, 15) is 9.59 Å². The normalized spacial score (nSPS) is 14.9. The Morgan fingerprint density at radius 3 is 2.28 bits per heavy atom. The van der Waals surface area contributed by atoms with Gasteiger partial charge in [0.25, 0.3) is 0 Å². The molecule has 18 heavy (non-hydrogen) atoms. The maximum absolute atomic E-state index is 11.4. The predicted molar refractivity (Wildman–Crippen MR) is 76.6 cm³/mol. The first-order valence-electron chi connectivity index (χ1n) is 7.98. The predicted octanol–water partition coefficient (Wildman–Crippen LogP) is 4.56. The number of rotatable bonds is 12. The average Bonchev–Trinajstić information content (AvgIpc) is 2.34. The van der Waals surface area contributed by atoms with Crippen molar-refractivity contribution in [3.8, 4) is 0 Å². The quantitative estimate of drug-likeness (QED) is 0.379. The third-order valence-corrected chi connectivity index (χ3v) is 3.80. The smallest absolute Gasteiger partial charge is 0.132 e. The van der Waals surface area contributed by atoms with Gasteiger partial charge in [0.2, 0.25) is 0 Å². The largest absolute Gasteiger partial charge is 0.303 e. The summed E-state index contributed by atoms with van der Waals surface area (Å²) in [6.07, 6.45) is 7.53. The van der Waals surface area contributed by atoms with Gasteiger partial charge in [0.15, 0.2) is 0 Å². The Kier molecular flexibility index (Phi) is 9.78. The third kappa shape index (κ3) is 9.38. The lowest BCUT2D eigenvalue weighted by Crippen LogP contribution is -2.08. The van der Waals surface area contributed by atoms with E-state index >= 15 is 0 Å². The SMILES string of the molecule is [3H]C(=O)CCCC(C)C(C)CCCCC(=O)CCC. The fourth-order valence-corrected chi connectivity index (χ4v) is 2.26. The molecule has 0 N–H and O–H groups in total. The number of Topliss-reactive ketones (excluding diaryl/α,β-unsaturated/α-hetero) is 1. The maximum Gasteiger partial charge on any atom is 0.132 e. The van der Waals surface area contributed by atoms with Crippen LogP contribution < -0.4 is 0 Å².